The van der Waals surface area contributed by atoms with Gasteiger partial charge in [0, 0.05) is 16.6 Å². The Morgan fingerprint density at radius 1 is 1.30 bits per heavy atom. The van der Waals surface area contributed by atoms with Crippen LogP contribution < -0.4 is 5.32 Å². The number of amides is 1. The Labute approximate surface area is 119 Å². The molecule has 2 fully saturated rings. The number of rotatable bonds is 3. The van der Waals surface area contributed by atoms with Crippen molar-refractivity contribution in [2.24, 2.45) is 5.41 Å². The predicted octanol–water partition coefficient (Wildman–Crippen LogP) is 2.41. The van der Waals surface area contributed by atoms with E-state index in [1.807, 2.05) is 19.1 Å². The van der Waals surface area contributed by atoms with Crippen LogP contribution >= 0.6 is 0 Å². The summed E-state index contributed by atoms with van der Waals surface area (Å²) in [6.45, 7) is 1.88. The Morgan fingerprint density at radius 3 is 2.90 bits per heavy atom. The van der Waals surface area contributed by atoms with Crippen molar-refractivity contribution < 1.29 is 9.59 Å². The van der Waals surface area contributed by atoms with Crippen molar-refractivity contribution in [3.8, 4) is 0 Å². The van der Waals surface area contributed by atoms with Gasteiger partial charge in [0.25, 0.3) is 5.91 Å². The molecule has 0 aliphatic heterocycles. The maximum Gasteiger partial charge on any atom is 0.270 e. The van der Waals surface area contributed by atoms with E-state index in [9.17, 15) is 9.59 Å². The lowest BCUT2D eigenvalue weighted by Crippen LogP contribution is -2.49. The van der Waals surface area contributed by atoms with Crippen LogP contribution in [0.2, 0.25) is 0 Å². The average molecular weight is 272 g/mol. The molecule has 3 rings (SSSR count). The van der Waals surface area contributed by atoms with Crippen LogP contribution in [0, 0.1) is 12.3 Å². The molecule has 1 aromatic heterocycles. The van der Waals surface area contributed by atoms with Gasteiger partial charge in [-0.15, -0.1) is 0 Å². The Morgan fingerprint density at radius 2 is 2.15 bits per heavy atom. The molecule has 1 heterocycles. The lowest BCUT2D eigenvalue weighted by atomic mass is 9.74. The molecule has 2 bridgehead atoms. The molecule has 2 unspecified atom stereocenters. The van der Waals surface area contributed by atoms with E-state index >= 15 is 0 Å². The van der Waals surface area contributed by atoms with E-state index < -0.39 is 0 Å². The maximum atomic E-state index is 12.4. The number of carbonyl (C=O) groups excluding carboxylic acids is 2. The van der Waals surface area contributed by atoms with Crippen LogP contribution in [0.15, 0.2) is 18.2 Å². The first-order chi connectivity index (χ1) is 9.56. The molecule has 2 aliphatic rings. The molecule has 20 heavy (non-hydrogen) atoms. The molecule has 106 valence electrons. The largest absolute Gasteiger partial charge is 0.345 e. The van der Waals surface area contributed by atoms with Gasteiger partial charge in [0.2, 0.25) is 0 Å². The van der Waals surface area contributed by atoms with Crippen molar-refractivity contribution in [2.75, 3.05) is 0 Å². The summed E-state index contributed by atoms with van der Waals surface area (Å²) in [5, 5.41) is 3.17. The molecule has 0 spiro atoms. The smallest absolute Gasteiger partial charge is 0.270 e. The molecule has 0 saturated heterocycles. The van der Waals surface area contributed by atoms with E-state index in [0.29, 0.717) is 5.69 Å². The van der Waals surface area contributed by atoms with Gasteiger partial charge >= 0.3 is 0 Å². The highest BCUT2D eigenvalue weighted by atomic mass is 16.2. The SMILES string of the molecule is Cc1cccc(C(=O)NC23CCCC(C=O)(CC2)C3)n1. The topological polar surface area (TPSA) is 59.1 Å². The summed E-state index contributed by atoms with van der Waals surface area (Å²) in [6.07, 6.45) is 6.67. The fourth-order valence-corrected chi connectivity index (χ4v) is 3.85. The summed E-state index contributed by atoms with van der Waals surface area (Å²) in [6, 6.07) is 5.46. The van der Waals surface area contributed by atoms with E-state index in [1.54, 1.807) is 6.07 Å². The fraction of sp³-hybridized carbons (Fsp3) is 0.562. The number of aromatic nitrogens is 1. The van der Waals surface area contributed by atoms with Crippen molar-refractivity contribution in [3.63, 3.8) is 0 Å². The predicted molar refractivity (Wildman–Crippen MR) is 75.4 cm³/mol. The van der Waals surface area contributed by atoms with E-state index in [4.69, 9.17) is 0 Å². The minimum absolute atomic E-state index is 0.114. The number of nitrogens with zero attached hydrogens (tertiary/aromatic N) is 1. The number of hydrogen-bond donors (Lipinski definition) is 1. The first-order valence-electron chi connectivity index (χ1n) is 7.29. The summed E-state index contributed by atoms with van der Waals surface area (Å²) in [5.74, 6) is -0.114. The van der Waals surface area contributed by atoms with Crippen molar-refractivity contribution in [3.05, 3.63) is 29.6 Å². The zero-order valence-electron chi connectivity index (χ0n) is 11.8. The highest BCUT2D eigenvalue weighted by molar-refractivity contribution is 5.93. The monoisotopic (exact) mass is 272 g/mol. The van der Waals surface area contributed by atoms with Crippen molar-refractivity contribution in [1.29, 1.82) is 0 Å². The number of aryl methyl sites for hydroxylation is 1. The Kier molecular flexibility index (Phi) is 3.11. The highest BCUT2D eigenvalue weighted by Crippen LogP contribution is 2.52. The van der Waals surface area contributed by atoms with E-state index in [1.165, 1.54) is 0 Å². The zero-order valence-corrected chi connectivity index (χ0v) is 11.8. The van der Waals surface area contributed by atoms with Gasteiger partial charge in [-0.05, 0) is 51.2 Å². The van der Waals surface area contributed by atoms with Crippen molar-refractivity contribution >= 4 is 12.2 Å². The molecule has 4 heteroatoms. The van der Waals surface area contributed by atoms with E-state index in [2.05, 4.69) is 10.3 Å². The standard InChI is InChI=1S/C16H20N2O2/c1-12-4-2-5-13(17-12)14(20)18-16-7-3-6-15(10-16,11-19)8-9-16/h2,4-5,11H,3,6-10H2,1H3,(H,18,20). The van der Waals surface area contributed by atoms with Crippen LogP contribution in [0.5, 0.6) is 0 Å². The highest BCUT2D eigenvalue weighted by Gasteiger charge is 2.51. The molecule has 2 saturated carbocycles. The average Bonchev–Trinajstić information content (AvgIpc) is 2.70. The molecule has 0 radical (unpaired) electrons. The van der Waals surface area contributed by atoms with Gasteiger partial charge in [-0.3, -0.25) is 4.79 Å². The first-order valence-corrected chi connectivity index (χ1v) is 7.29. The molecular formula is C16H20N2O2. The lowest BCUT2D eigenvalue weighted by Gasteiger charge is -2.37. The van der Waals surface area contributed by atoms with Gasteiger partial charge in [-0.2, -0.15) is 0 Å². The second-order valence-corrected chi connectivity index (χ2v) is 6.41. The third kappa shape index (κ3) is 2.23. The number of carbonyl (C=O) groups is 2. The van der Waals surface area contributed by atoms with Gasteiger partial charge in [0.1, 0.15) is 12.0 Å². The van der Waals surface area contributed by atoms with Crippen molar-refractivity contribution in [2.45, 2.75) is 51.0 Å². The van der Waals surface area contributed by atoms with Gasteiger partial charge in [-0.25, -0.2) is 4.98 Å². The fourth-order valence-electron chi connectivity index (χ4n) is 3.85. The lowest BCUT2D eigenvalue weighted by molar-refractivity contribution is -0.117. The van der Waals surface area contributed by atoms with E-state index in [-0.39, 0.29) is 16.9 Å². The van der Waals surface area contributed by atoms with Gasteiger partial charge < -0.3 is 10.1 Å². The Hall–Kier alpha value is -1.71. The van der Waals surface area contributed by atoms with Crippen LogP contribution in [0.4, 0.5) is 0 Å². The number of nitrogens with one attached hydrogen (secondary N) is 1. The van der Waals surface area contributed by atoms with Crippen LogP contribution in [0.25, 0.3) is 0 Å². The zero-order chi connectivity index (χ0) is 14.2. The van der Waals surface area contributed by atoms with Crippen LogP contribution in [0.3, 0.4) is 0 Å². The minimum atomic E-state index is -0.193. The molecular weight excluding hydrogens is 252 g/mol. The number of pyridine rings is 1. The van der Waals surface area contributed by atoms with Crippen molar-refractivity contribution in [1.82, 2.24) is 10.3 Å². The molecule has 2 atom stereocenters. The minimum Gasteiger partial charge on any atom is -0.345 e. The molecule has 1 amide bonds. The second-order valence-electron chi connectivity index (χ2n) is 6.41. The maximum absolute atomic E-state index is 12.4. The van der Waals surface area contributed by atoms with Gasteiger partial charge in [-0.1, -0.05) is 12.5 Å². The Bertz CT molecular complexity index is 557. The number of aldehydes is 1. The molecule has 1 N–H and O–H groups in total. The van der Waals surface area contributed by atoms with Gasteiger partial charge in [0.05, 0.1) is 0 Å². The van der Waals surface area contributed by atoms with Crippen LogP contribution in [0.1, 0.15) is 54.7 Å². The summed E-state index contributed by atoms with van der Waals surface area (Å²) in [7, 11) is 0. The third-order valence-electron chi connectivity index (χ3n) is 4.87. The molecule has 0 aromatic carbocycles. The summed E-state index contributed by atoms with van der Waals surface area (Å²) < 4.78 is 0. The van der Waals surface area contributed by atoms with Gasteiger partial charge in [0.15, 0.2) is 0 Å². The first kappa shape index (κ1) is 13.3. The van der Waals surface area contributed by atoms with E-state index in [0.717, 1.165) is 50.5 Å². The molecule has 4 nitrogen and oxygen atoms in total. The van der Waals surface area contributed by atoms with Crippen LogP contribution in [-0.4, -0.2) is 22.7 Å². The molecule has 2 aliphatic carbocycles. The second kappa shape index (κ2) is 4.69. The Balaban J connectivity index is 1.78. The molecule has 1 aromatic rings. The number of hydrogen-bond acceptors (Lipinski definition) is 3. The van der Waals surface area contributed by atoms with Crippen LogP contribution in [-0.2, 0) is 4.79 Å². The normalized spacial score (nSPS) is 31.9. The summed E-state index contributed by atoms with van der Waals surface area (Å²) in [4.78, 5) is 28.0. The summed E-state index contributed by atoms with van der Waals surface area (Å²) in [5.41, 5.74) is 0.925. The summed E-state index contributed by atoms with van der Waals surface area (Å²) >= 11 is 0. The number of fused-ring (bicyclic) bond motifs is 2. The third-order valence-corrected chi connectivity index (χ3v) is 4.87. The quantitative estimate of drug-likeness (QED) is 0.860.